The van der Waals surface area contributed by atoms with Crippen LogP contribution in [0, 0.1) is 12.8 Å². The van der Waals surface area contributed by atoms with Crippen LogP contribution in [-0.4, -0.2) is 29.5 Å². The molecule has 3 aromatic heterocycles. The van der Waals surface area contributed by atoms with Crippen LogP contribution >= 0.6 is 0 Å². The number of aromatic nitrogens is 6. The van der Waals surface area contributed by atoms with Gasteiger partial charge in [-0.25, -0.2) is 9.67 Å². The Balaban J connectivity index is 1.67. The molecule has 6 nitrogen and oxygen atoms in total. The first-order valence-electron chi connectivity index (χ1n) is 7.78. The maximum Gasteiger partial charge on any atom is 0.176 e. The van der Waals surface area contributed by atoms with Crippen molar-refractivity contribution < 1.29 is 0 Å². The SMILES string of the molecule is Cc1cc(-c2nc3c(cnn3CC3CC=CCC3)[nH]2)n(C)n1. The highest BCUT2D eigenvalue weighted by Gasteiger charge is 2.17. The normalized spacial score (nSPS) is 18.4. The summed E-state index contributed by atoms with van der Waals surface area (Å²) in [4.78, 5) is 8.10. The lowest BCUT2D eigenvalue weighted by molar-refractivity contribution is 0.395. The third-order valence-electron chi connectivity index (χ3n) is 4.34. The minimum absolute atomic E-state index is 0.659. The molecule has 0 fully saturated rings. The largest absolute Gasteiger partial charge is 0.334 e. The van der Waals surface area contributed by atoms with Crippen molar-refractivity contribution in [3.63, 3.8) is 0 Å². The number of aromatic amines is 1. The predicted octanol–water partition coefficient (Wildman–Crippen LogP) is 2.82. The summed E-state index contributed by atoms with van der Waals surface area (Å²) in [6.07, 6.45) is 9.97. The Bertz CT molecular complexity index is 834. The molecule has 3 aromatic rings. The minimum atomic E-state index is 0.659. The van der Waals surface area contributed by atoms with E-state index in [0.29, 0.717) is 5.92 Å². The van der Waals surface area contributed by atoms with E-state index < -0.39 is 0 Å². The molecule has 1 N–H and O–H groups in total. The maximum absolute atomic E-state index is 4.75. The summed E-state index contributed by atoms with van der Waals surface area (Å²) in [5.74, 6) is 1.51. The average molecular weight is 296 g/mol. The van der Waals surface area contributed by atoms with Gasteiger partial charge < -0.3 is 4.98 Å². The summed E-state index contributed by atoms with van der Waals surface area (Å²) < 4.78 is 3.89. The van der Waals surface area contributed by atoms with E-state index in [1.165, 1.54) is 12.8 Å². The lowest BCUT2D eigenvalue weighted by Crippen LogP contribution is -2.13. The van der Waals surface area contributed by atoms with Gasteiger partial charge in [-0.15, -0.1) is 0 Å². The Morgan fingerprint density at radius 3 is 3.00 bits per heavy atom. The van der Waals surface area contributed by atoms with E-state index in [9.17, 15) is 0 Å². The van der Waals surface area contributed by atoms with Gasteiger partial charge in [0.1, 0.15) is 11.2 Å². The van der Waals surface area contributed by atoms with E-state index in [4.69, 9.17) is 4.98 Å². The van der Waals surface area contributed by atoms with E-state index in [0.717, 1.165) is 41.3 Å². The van der Waals surface area contributed by atoms with Crippen molar-refractivity contribution in [2.75, 3.05) is 0 Å². The molecule has 4 rings (SSSR count). The number of imidazole rings is 1. The number of nitrogens with one attached hydrogen (secondary N) is 1. The first kappa shape index (κ1) is 13.3. The second-order valence-corrected chi connectivity index (χ2v) is 6.09. The molecule has 3 heterocycles. The summed E-state index contributed by atoms with van der Waals surface area (Å²) >= 11 is 0. The van der Waals surface area contributed by atoms with Gasteiger partial charge in [0, 0.05) is 13.6 Å². The van der Waals surface area contributed by atoms with Crippen molar-refractivity contribution in [1.29, 1.82) is 0 Å². The molecule has 0 spiro atoms. The summed E-state index contributed by atoms with van der Waals surface area (Å²) in [5, 5.41) is 8.87. The average Bonchev–Trinajstić information content (AvgIpc) is 3.16. The third-order valence-corrected chi connectivity index (χ3v) is 4.34. The van der Waals surface area contributed by atoms with Crippen LogP contribution in [0.4, 0.5) is 0 Å². The molecule has 114 valence electrons. The van der Waals surface area contributed by atoms with Gasteiger partial charge in [0.15, 0.2) is 11.5 Å². The minimum Gasteiger partial charge on any atom is -0.334 e. The van der Waals surface area contributed by atoms with Crippen molar-refractivity contribution in [3.05, 3.63) is 30.1 Å². The van der Waals surface area contributed by atoms with Gasteiger partial charge in [-0.2, -0.15) is 10.2 Å². The van der Waals surface area contributed by atoms with Gasteiger partial charge in [-0.3, -0.25) is 4.68 Å². The van der Waals surface area contributed by atoms with Crippen molar-refractivity contribution in [1.82, 2.24) is 29.5 Å². The fourth-order valence-electron chi connectivity index (χ4n) is 3.20. The van der Waals surface area contributed by atoms with Crippen LogP contribution in [0.5, 0.6) is 0 Å². The molecule has 0 aromatic carbocycles. The number of allylic oxidation sites excluding steroid dienone is 2. The topological polar surface area (TPSA) is 64.3 Å². The van der Waals surface area contributed by atoms with Crippen LogP contribution in [0.2, 0.25) is 0 Å². The maximum atomic E-state index is 4.75. The fourth-order valence-corrected chi connectivity index (χ4v) is 3.20. The Kier molecular flexibility index (Phi) is 3.10. The molecule has 1 aliphatic carbocycles. The monoisotopic (exact) mass is 296 g/mol. The first-order valence-corrected chi connectivity index (χ1v) is 7.78. The molecule has 0 saturated carbocycles. The number of rotatable bonds is 3. The molecule has 0 bridgehead atoms. The van der Waals surface area contributed by atoms with E-state index in [2.05, 4.69) is 27.3 Å². The number of hydrogen-bond acceptors (Lipinski definition) is 3. The second-order valence-electron chi connectivity index (χ2n) is 6.09. The molecular weight excluding hydrogens is 276 g/mol. The molecule has 0 saturated heterocycles. The Morgan fingerprint density at radius 1 is 1.36 bits per heavy atom. The molecule has 22 heavy (non-hydrogen) atoms. The third kappa shape index (κ3) is 2.24. The van der Waals surface area contributed by atoms with Crippen molar-refractivity contribution in [2.45, 2.75) is 32.7 Å². The van der Waals surface area contributed by atoms with E-state index in [-0.39, 0.29) is 0 Å². The number of H-pyrrole nitrogens is 1. The van der Waals surface area contributed by atoms with Crippen LogP contribution in [0.15, 0.2) is 24.4 Å². The summed E-state index contributed by atoms with van der Waals surface area (Å²) in [6.45, 7) is 2.92. The molecule has 0 aliphatic heterocycles. The predicted molar refractivity (Wildman–Crippen MR) is 85.3 cm³/mol. The van der Waals surface area contributed by atoms with Gasteiger partial charge in [0.25, 0.3) is 0 Å². The smallest absolute Gasteiger partial charge is 0.176 e. The standard InChI is InChI=1S/C16H20N6/c1-11-8-14(21(2)20-11)15-18-13-9-17-22(16(13)19-15)10-12-6-4-3-5-7-12/h3-4,8-9,12H,5-7,10H2,1-2H3,(H,18,19). The molecule has 0 radical (unpaired) electrons. The lowest BCUT2D eigenvalue weighted by Gasteiger charge is -2.17. The summed E-state index contributed by atoms with van der Waals surface area (Å²) in [6, 6.07) is 2.04. The van der Waals surface area contributed by atoms with Crippen molar-refractivity contribution in [2.24, 2.45) is 13.0 Å². The van der Waals surface area contributed by atoms with Gasteiger partial charge >= 0.3 is 0 Å². The van der Waals surface area contributed by atoms with E-state index in [1.54, 1.807) is 0 Å². The van der Waals surface area contributed by atoms with Gasteiger partial charge in [0.05, 0.1) is 11.9 Å². The fraction of sp³-hybridized carbons (Fsp3) is 0.438. The highest BCUT2D eigenvalue weighted by atomic mass is 15.3. The molecule has 1 aliphatic rings. The van der Waals surface area contributed by atoms with Crippen LogP contribution in [-0.2, 0) is 13.6 Å². The zero-order valence-corrected chi connectivity index (χ0v) is 13.0. The number of hydrogen-bond donors (Lipinski definition) is 1. The number of fused-ring (bicyclic) bond motifs is 1. The summed E-state index contributed by atoms with van der Waals surface area (Å²) in [5.41, 5.74) is 3.91. The zero-order valence-electron chi connectivity index (χ0n) is 13.0. The van der Waals surface area contributed by atoms with Crippen molar-refractivity contribution >= 4 is 11.2 Å². The highest BCUT2D eigenvalue weighted by molar-refractivity contribution is 5.75. The quantitative estimate of drug-likeness (QED) is 0.756. The zero-order chi connectivity index (χ0) is 15.1. The van der Waals surface area contributed by atoms with Crippen LogP contribution in [0.3, 0.4) is 0 Å². The van der Waals surface area contributed by atoms with Gasteiger partial charge in [-0.05, 0) is 38.2 Å². The first-order chi connectivity index (χ1) is 10.7. The Morgan fingerprint density at radius 2 is 2.27 bits per heavy atom. The number of nitrogens with zero attached hydrogens (tertiary/aromatic N) is 5. The van der Waals surface area contributed by atoms with Crippen LogP contribution in [0.1, 0.15) is 25.0 Å². The number of aryl methyl sites for hydroxylation is 2. The summed E-state index contributed by atoms with van der Waals surface area (Å²) in [7, 11) is 1.94. The lowest BCUT2D eigenvalue weighted by atomic mass is 9.94. The van der Waals surface area contributed by atoms with E-state index >= 15 is 0 Å². The molecular formula is C16H20N6. The Labute approximate surface area is 128 Å². The van der Waals surface area contributed by atoms with E-state index in [1.807, 2.05) is 35.6 Å². The molecule has 6 heteroatoms. The Hall–Kier alpha value is -2.37. The van der Waals surface area contributed by atoms with Crippen LogP contribution in [0.25, 0.3) is 22.7 Å². The highest BCUT2D eigenvalue weighted by Crippen LogP contribution is 2.24. The molecule has 1 unspecified atom stereocenters. The molecule has 0 amide bonds. The van der Waals surface area contributed by atoms with Gasteiger partial charge in [0.2, 0.25) is 0 Å². The molecule has 1 atom stereocenters. The van der Waals surface area contributed by atoms with Crippen LogP contribution < -0.4 is 0 Å². The van der Waals surface area contributed by atoms with Gasteiger partial charge in [-0.1, -0.05) is 12.2 Å². The second kappa shape index (κ2) is 5.12. The van der Waals surface area contributed by atoms with Crippen molar-refractivity contribution in [3.8, 4) is 11.5 Å².